The first-order valence-electron chi connectivity index (χ1n) is 5.60. The van der Waals surface area contributed by atoms with E-state index in [0.717, 1.165) is 22.9 Å². The predicted molar refractivity (Wildman–Crippen MR) is 70.2 cm³/mol. The van der Waals surface area contributed by atoms with E-state index in [2.05, 4.69) is 16.0 Å². The molecular weight excluding hydrogens is 228 g/mol. The number of imidazole rings is 1. The fourth-order valence-electron chi connectivity index (χ4n) is 1.82. The van der Waals surface area contributed by atoms with Crippen LogP contribution >= 0.6 is 0 Å². The van der Waals surface area contributed by atoms with Gasteiger partial charge in [-0.15, -0.1) is 0 Å². The van der Waals surface area contributed by atoms with Crippen LogP contribution in [-0.2, 0) is 4.79 Å². The molecule has 4 heteroatoms. The Labute approximate surface area is 105 Å². The van der Waals surface area contributed by atoms with Crippen LogP contribution in [0.2, 0.25) is 0 Å². The largest absolute Gasteiger partial charge is 0.478 e. The molecule has 18 heavy (non-hydrogen) atoms. The van der Waals surface area contributed by atoms with E-state index in [-0.39, 0.29) is 0 Å². The molecule has 0 aliphatic heterocycles. The number of H-pyrrole nitrogens is 1. The Kier molecular flexibility index (Phi) is 3.28. The third-order valence-corrected chi connectivity index (χ3v) is 2.65. The minimum absolute atomic E-state index is 0.535. The maximum Gasteiger partial charge on any atom is 0.328 e. The van der Waals surface area contributed by atoms with Gasteiger partial charge in [-0.2, -0.15) is 0 Å². The Morgan fingerprint density at radius 3 is 2.83 bits per heavy atom. The van der Waals surface area contributed by atoms with Crippen molar-refractivity contribution in [2.75, 3.05) is 0 Å². The van der Waals surface area contributed by atoms with Crippen LogP contribution in [-0.4, -0.2) is 21.0 Å². The molecule has 0 fully saturated rings. The van der Waals surface area contributed by atoms with Crippen molar-refractivity contribution in [3.05, 3.63) is 47.4 Å². The molecule has 4 nitrogen and oxygen atoms in total. The van der Waals surface area contributed by atoms with Gasteiger partial charge in [0.1, 0.15) is 5.82 Å². The van der Waals surface area contributed by atoms with Crippen molar-refractivity contribution in [1.29, 1.82) is 0 Å². The van der Waals surface area contributed by atoms with Crippen LogP contribution in [0.1, 0.15) is 17.0 Å². The quantitative estimate of drug-likeness (QED) is 0.813. The number of nitrogens with one attached hydrogen (secondary N) is 1. The summed E-state index contributed by atoms with van der Waals surface area (Å²) in [6.45, 7) is 4.08. The summed E-state index contributed by atoms with van der Waals surface area (Å²) in [7, 11) is 0. The smallest absolute Gasteiger partial charge is 0.328 e. The van der Waals surface area contributed by atoms with Crippen molar-refractivity contribution in [1.82, 2.24) is 9.97 Å². The topological polar surface area (TPSA) is 66.0 Å². The van der Waals surface area contributed by atoms with Crippen LogP contribution in [0, 0.1) is 13.8 Å². The summed E-state index contributed by atoms with van der Waals surface area (Å²) in [5.74, 6) is -0.452. The number of nitrogens with zero attached hydrogens (tertiary/aromatic N) is 1. The molecule has 0 bridgehead atoms. The summed E-state index contributed by atoms with van der Waals surface area (Å²) in [4.78, 5) is 17.6. The molecule has 0 amide bonds. The summed E-state index contributed by atoms with van der Waals surface area (Å²) in [6, 6.07) is 6.17. The molecule has 92 valence electrons. The number of aromatic nitrogens is 2. The Morgan fingerprint density at radius 2 is 2.17 bits per heavy atom. The highest BCUT2D eigenvalue weighted by atomic mass is 16.4. The van der Waals surface area contributed by atoms with Crippen LogP contribution in [0.15, 0.2) is 30.5 Å². The van der Waals surface area contributed by atoms with Gasteiger partial charge in [0.15, 0.2) is 0 Å². The number of aliphatic carboxylic acids is 1. The van der Waals surface area contributed by atoms with Gasteiger partial charge in [0.2, 0.25) is 0 Å². The molecular formula is C14H14N2O2. The molecule has 1 aromatic carbocycles. The molecule has 1 aromatic heterocycles. The molecule has 0 aliphatic rings. The van der Waals surface area contributed by atoms with Gasteiger partial charge in [0.05, 0.1) is 11.9 Å². The third kappa shape index (κ3) is 2.66. The van der Waals surface area contributed by atoms with Crippen LogP contribution in [0.3, 0.4) is 0 Å². The summed E-state index contributed by atoms with van der Waals surface area (Å²) in [5.41, 5.74) is 4.33. The fourth-order valence-corrected chi connectivity index (χ4v) is 1.82. The Balaban J connectivity index is 2.32. The van der Waals surface area contributed by atoms with Crippen molar-refractivity contribution < 1.29 is 9.90 Å². The number of carbonyl (C=O) groups is 1. The van der Waals surface area contributed by atoms with Crippen LogP contribution in [0.4, 0.5) is 0 Å². The molecule has 0 unspecified atom stereocenters. The third-order valence-electron chi connectivity index (χ3n) is 2.65. The molecule has 0 saturated carbocycles. The summed E-state index contributed by atoms with van der Waals surface area (Å²) < 4.78 is 0. The molecule has 2 N–H and O–H groups in total. The number of rotatable bonds is 3. The highest BCUT2D eigenvalue weighted by molar-refractivity contribution is 5.84. The number of benzene rings is 1. The van der Waals surface area contributed by atoms with Gasteiger partial charge >= 0.3 is 5.97 Å². The lowest BCUT2D eigenvalue weighted by Crippen LogP contribution is -1.87. The standard InChI is InChI=1S/C14H14N2O2/c1-9-3-4-11(10(2)7-9)12-8-15-13(16-12)5-6-14(17)18/h3-8H,1-2H3,(H,15,16)(H,17,18)/b6-5+. The second-order valence-corrected chi connectivity index (χ2v) is 4.17. The maximum atomic E-state index is 10.4. The van der Waals surface area contributed by atoms with Gasteiger partial charge < -0.3 is 10.1 Å². The van der Waals surface area contributed by atoms with Crippen LogP contribution < -0.4 is 0 Å². The second kappa shape index (κ2) is 4.87. The molecule has 2 aromatic rings. The number of aromatic amines is 1. The highest BCUT2D eigenvalue weighted by Crippen LogP contribution is 2.22. The number of hydrogen-bond acceptors (Lipinski definition) is 2. The number of aryl methyl sites for hydroxylation is 2. The van der Waals surface area contributed by atoms with E-state index in [9.17, 15) is 4.79 Å². The van der Waals surface area contributed by atoms with E-state index < -0.39 is 5.97 Å². The van der Waals surface area contributed by atoms with E-state index in [1.54, 1.807) is 6.20 Å². The maximum absolute atomic E-state index is 10.4. The first kappa shape index (κ1) is 12.1. The Hall–Kier alpha value is -2.36. The van der Waals surface area contributed by atoms with E-state index >= 15 is 0 Å². The zero-order valence-corrected chi connectivity index (χ0v) is 10.3. The Bertz CT molecular complexity index is 612. The lowest BCUT2D eigenvalue weighted by Gasteiger charge is -2.03. The average molecular weight is 242 g/mol. The highest BCUT2D eigenvalue weighted by Gasteiger charge is 2.05. The summed E-state index contributed by atoms with van der Waals surface area (Å²) in [6.07, 6.45) is 4.21. The van der Waals surface area contributed by atoms with E-state index in [1.807, 2.05) is 26.0 Å². The van der Waals surface area contributed by atoms with Gasteiger partial charge in [-0.25, -0.2) is 9.78 Å². The fraction of sp³-hybridized carbons (Fsp3) is 0.143. The zero-order chi connectivity index (χ0) is 13.1. The van der Waals surface area contributed by atoms with Crippen molar-refractivity contribution >= 4 is 12.0 Å². The number of carboxylic acids is 1. The van der Waals surface area contributed by atoms with E-state index in [0.29, 0.717) is 5.82 Å². The second-order valence-electron chi connectivity index (χ2n) is 4.17. The zero-order valence-electron chi connectivity index (χ0n) is 10.3. The minimum atomic E-state index is -0.987. The van der Waals surface area contributed by atoms with Crippen molar-refractivity contribution in [3.63, 3.8) is 0 Å². The molecule has 0 radical (unpaired) electrons. The van der Waals surface area contributed by atoms with Crippen molar-refractivity contribution in [3.8, 4) is 11.3 Å². The van der Waals surface area contributed by atoms with Crippen LogP contribution in [0.5, 0.6) is 0 Å². The van der Waals surface area contributed by atoms with Gasteiger partial charge in [0.25, 0.3) is 0 Å². The minimum Gasteiger partial charge on any atom is -0.478 e. The number of hydrogen-bond donors (Lipinski definition) is 2. The molecule has 2 rings (SSSR count). The average Bonchev–Trinajstić information content (AvgIpc) is 2.75. The first-order valence-corrected chi connectivity index (χ1v) is 5.60. The predicted octanol–water partition coefficient (Wildman–Crippen LogP) is 2.79. The van der Waals surface area contributed by atoms with Crippen molar-refractivity contribution in [2.24, 2.45) is 0 Å². The normalized spacial score (nSPS) is 11.0. The first-order chi connectivity index (χ1) is 8.56. The summed E-state index contributed by atoms with van der Waals surface area (Å²) >= 11 is 0. The van der Waals surface area contributed by atoms with Crippen molar-refractivity contribution in [2.45, 2.75) is 13.8 Å². The monoisotopic (exact) mass is 242 g/mol. The van der Waals surface area contributed by atoms with Gasteiger partial charge in [-0.05, 0) is 25.5 Å². The lowest BCUT2D eigenvalue weighted by molar-refractivity contribution is -0.131. The molecule has 1 heterocycles. The summed E-state index contributed by atoms with van der Waals surface area (Å²) in [5, 5.41) is 8.54. The molecule has 0 aliphatic carbocycles. The van der Waals surface area contributed by atoms with Gasteiger partial charge in [0, 0.05) is 11.6 Å². The molecule has 0 saturated heterocycles. The van der Waals surface area contributed by atoms with Gasteiger partial charge in [-0.3, -0.25) is 0 Å². The SMILES string of the molecule is Cc1ccc(-c2cnc(/C=C/C(=O)O)[nH]2)c(C)c1. The van der Waals surface area contributed by atoms with E-state index in [4.69, 9.17) is 5.11 Å². The lowest BCUT2D eigenvalue weighted by atomic mass is 10.0. The van der Waals surface area contributed by atoms with E-state index in [1.165, 1.54) is 11.6 Å². The van der Waals surface area contributed by atoms with Crippen LogP contribution in [0.25, 0.3) is 17.3 Å². The Morgan fingerprint density at radius 1 is 1.39 bits per heavy atom. The molecule has 0 spiro atoms. The van der Waals surface area contributed by atoms with Gasteiger partial charge in [-0.1, -0.05) is 23.8 Å². The number of carboxylic acid groups (broad SMARTS) is 1. The molecule has 0 atom stereocenters.